The third-order valence-corrected chi connectivity index (χ3v) is 6.85. The molecule has 2 saturated heterocycles. The van der Waals surface area contributed by atoms with Crippen LogP contribution in [0.15, 0.2) is 54.6 Å². The van der Waals surface area contributed by atoms with Gasteiger partial charge in [0.2, 0.25) is 17.7 Å². The molecule has 7 heteroatoms. The molecule has 2 aromatic rings. The van der Waals surface area contributed by atoms with E-state index >= 15 is 0 Å². The first-order valence-electron chi connectivity index (χ1n) is 11.2. The molecule has 3 unspecified atom stereocenters. The normalized spacial score (nSPS) is 25.2. The highest BCUT2D eigenvalue weighted by molar-refractivity contribution is 6.00. The van der Waals surface area contributed by atoms with E-state index in [0.29, 0.717) is 32.7 Å². The standard InChI is InChI=1S/C25H26FN3O3/c26-19-8-6-17(7-9-19)21-15-22(21)25(32)28-12-10-27(11-13-28)24(31)18-14-23(30)29(16-18)20-4-2-1-3-5-20/h1-9,18,21-22H,10-16H2. The molecular formula is C25H26FN3O3. The van der Waals surface area contributed by atoms with E-state index in [2.05, 4.69) is 0 Å². The summed E-state index contributed by atoms with van der Waals surface area (Å²) in [6, 6.07) is 15.8. The van der Waals surface area contributed by atoms with Gasteiger partial charge >= 0.3 is 0 Å². The highest BCUT2D eigenvalue weighted by Crippen LogP contribution is 2.48. The number of rotatable bonds is 4. The van der Waals surface area contributed by atoms with E-state index in [1.165, 1.54) is 12.1 Å². The number of piperazine rings is 1. The summed E-state index contributed by atoms with van der Waals surface area (Å²) < 4.78 is 13.1. The molecule has 6 nitrogen and oxygen atoms in total. The summed E-state index contributed by atoms with van der Waals surface area (Å²) in [5.41, 5.74) is 1.83. The lowest BCUT2D eigenvalue weighted by atomic mass is 10.1. The van der Waals surface area contributed by atoms with Gasteiger partial charge in [0.1, 0.15) is 5.82 Å². The van der Waals surface area contributed by atoms with Crippen LogP contribution in [0.5, 0.6) is 0 Å². The van der Waals surface area contributed by atoms with Gasteiger partial charge in [0.25, 0.3) is 0 Å². The van der Waals surface area contributed by atoms with Crippen molar-refractivity contribution in [3.05, 3.63) is 66.0 Å². The molecule has 0 spiro atoms. The number of carbonyl (C=O) groups excluding carboxylic acids is 3. The number of hydrogen-bond acceptors (Lipinski definition) is 3. The van der Waals surface area contributed by atoms with Gasteiger partial charge in [0.05, 0.1) is 5.92 Å². The molecule has 0 aromatic heterocycles. The second-order valence-electron chi connectivity index (χ2n) is 8.89. The summed E-state index contributed by atoms with van der Waals surface area (Å²) in [7, 11) is 0. The van der Waals surface area contributed by atoms with Crippen molar-refractivity contribution in [1.82, 2.24) is 9.80 Å². The fraction of sp³-hybridized carbons (Fsp3) is 0.400. The second kappa shape index (κ2) is 8.37. The van der Waals surface area contributed by atoms with Crippen molar-refractivity contribution in [3.8, 4) is 0 Å². The summed E-state index contributed by atoms with van der Waals surface area (Å²) in [6.07, 6.45) is 1.03. The maximum absolute atomic E-state index is 13.1. The monoisotopic (exact) mass is 435 g/mol. The van der Waals surface area contributed by atoms with Gasteiger partial charge < -0.3 is 14.7 Å². The van der Waals surface area contributed by atoms with Crippen molar-refractivity contribution in [2.45, 2.75) is 18.8 Å². The Kier molecular flexibility index (Phi) is 5.41. The predicted octanol–water partition coefficient (Wildman–Crippen LogP) is 2.65. The molecule has 3 fully saturated rings. The van der Waals surface area contributed by atoms with Crippen LogP contribution >= 0.6 is 0 Å². The van der Waals surface area contributed by atoms with Crippen LogP contribution in [0.25, 0.3) is 0 Å². The minimum Gasteiger partial charge on any atom is -0.339 e. The average molecular weight is 435 g/mol. The number of amides is 3. The van der Waals surface area contributed by atoms with Gasteiger partial charge in [0.15, 0.2) is 0 Å². The zero-order chi connectivity index (χ0) is 22.2. The highest BCUT2D eigenvalue weighted by atomic mass is 19.1. The molecule has 2 aromatic carbocycles. The Labute approximate surface area is 186 Å². The third kappa shape index (κ3) is 3.99. The molecule has 32 heavy (non-hydrogen) atoms. The summed E-state index contributed by atoms with van der Waals surface area (Å²) in [4.78, 5) is 43.7. The lowest BCUT2D eigenvalue weighted by Crippen LogP contribution is -2.52. The van der Waals surface area contributed by atoms with Gasteiger partial charge in [-0.3, -0.25) is 14.4 Å². The van der Waals surface area contributed by atoms with E-state index in [-0.39, 0.29) is 47.7 Å². The van der Waals surface area contributed by atoms with Crippen LogP contribution in [0.4, 0.5) is 10.1 Å². The molecule has 3 aliphatic rings. The molecular weight excluding hydrogens is 409 g/mol. The Morgan fingerprint density at radius 2 is 1.47 bits per heavy atom. The average Bonchev–Trinajstić information content (AvgIpc) is 3.53. The maximum atomic E-state index is 13.1. The van der Waals surface area contributed by atoms with Crippen LogP contribution in [-0.4, -0.2) is 60.2 Å². The van der Waals surface area contributed by atoms with Gasteiger partial charge in [-0.25, -0.2) is 4.39 Å². The zero-order valence-electron chi connectivity index (χ0n) is 17.8. The van der Waals surface area contributed by atoms with Crippen LogP contribution in [0.1, 0.15) is 24.3 Å². The van der Waals surface area contributed by atoms with Gasteiger partial charge in [-0.15, -0.1) is 0 Å². The summed E-state index contributed by atoms with van der Waals surface area (Å²) >= 11 is 0. The minimum atomic E-state index is -0.337. The lowest BCUT2D eigenvalue weighted by molar-refractivity contribution is -0.142. The first kappa shape index (κ1) is 20.7. The van der Waals surface area contributed by atoms with Crippen molar-refractivity contribution >= 4 is 23.4 Å². The van der Waals surface area contributed by atoms with Gasteiger partial charge in [-0.2, -0.15) is 0 Å². The van der Waals surface area contributed by atoms with Crippen LogP contribution in [-0.2, 0) is 14.4 Å². The van der Waals surface area contributed by atoms with Crippen LogP contribution in [0.2, 0.25) is 0 Å². The lowest BCUT2D eigenvalue weighted by Gasteiger charge is -2.36. The van der Waals surface area contributed by atoms with Gasteiger partial charge in [-0.1, -0.05) is 30.3 Å². The van der Waals surface area contributed by atoms with Crippen molar-refractivity contribution in [1.29, 1.82) is 0 Å². The first-order chi connectivity index (χ1) is 15.5. The molecule has 3 atom stereocenters. The molecule has 0 N–H and O–H groups in total. The van der Waals surface area contributed by atoms with Gasteiger partial charge in [0, 0.05) is 50.7 Å². The molecule has 166 valence electrons. The van der Waals surface area contributed by atoms with E-state index in [9.17, 15) is 18.8 Å². The number of carbonyl (C=O) groups is 3. The van der Waals surface area contributed by atoms with Crippen LogP contribution < -0.4 is 4.90 Å². The fourth-order valence-corrected chi connectivity index (χ4v) is 4.92. The molecule has 0 bridgehead atoms. The Morgan fingerprint density at radius 1 is 0.844 bits per heavy atom. The summed E-state index contributed by atoms with van der Waals surface area (Å²) in [6.45, 7) is 2.42. The fourth-order valence-electron chi connectivity index (χ4n) is 4.92. The second-order valence-corrected chi connectivity index (χ2v) is 8.89. The Bertz CT molecular complexity index is 1020. The third-order valence-electron chi connectivity index (χ3n) is 6.85. The summed E-state index contributed by atoms with van der Waals surface area (Å²) in [5.74, 6) is -0.392. The van der Waals surface area contributed by atoms with Crippen molar-refractivity contribution in [3.63, 3.8) is 0 Å². The molecule has 0 radical (unpaired) electrons. The quantitative estimate of drug-likeness (QED) is 0.742. The number of benzene rings is 2. The number of halogens is 1. The molecule has 2 aliphatic heterocycles. The highest BCUT2D eigenvalue weighted by Gasteiger charge is 2.46. The predicted molar refractivity (Wildman–Crippen MR) is 117 cm³/mol. The van der Waals surface area contributed by atoms with Crippen molar-refractivity contribution in [2.75, 3.05) is 37.6 Å². The Balaban J connectivity index is 1.13. The molecule has 3 amide bonds. The van der Waals surface area contributed by atoms with E-state index in [0.717, 1.165) is 17.7 Å². The number of para-hydroxylation sites is 1. The molecule has 1 saturated carbocycles. The van der Waals surface area contributed by atoms with E-state index in [1.54, 1.807) is 21.9 Å². The number of anilines is 1. The van der Waals surface area contributed by atoms with Gasteiger partial charge in [-0.05, 0) is 42.2 Å². The zero-order valence-corrected chi connectivity index (χ0v) is 17.8. The smallest absolute Gasteiger partial charge is 0.228 e. The largest absolute Gasteiger partial charge is 0.339 e. The van der Waals surface area contributed by atoms with Crippen molar-refractivity contribution < 1.29 is 18.8 Å². The van der Waals surface area contributed by atoms with Crippen LogP contribution in [0, 0.1) is 17.7 Å². The van der Waals surface area contributed by atoms with Crippen molar-refractivity contribution in [2.24, 2.45) is 11.8 Å². The van der Waals surface area contributed by atoms with E-state index < -0.39 is 0 Å². The first-order valence-corrected chi connectivity index (χ1v) is 11.2. The topological polar surface area (TPSA) is 60.9 Å². The molecule has 5 rings (SSSR count). The number of hydrogen-bond donors (Lipinski definition) is 0. The maximum Gasteiger partial charge on any atom is 0.228 e. The number of nitrogens with zero attached hydrogens (tertiary/aromatic N) is 3. The Morgan fingerprint density at radius 3 is 2.12 bits per heavy atom. The van der Waals surface area contributed by atoms with E-state index in [4.69, 9.17) is 0 Å². The molecule has 2 heterocycles. The SMILES string of the molecule is O=C(C1CC(=O)N(c2ccccc2)C1)N1CCN(C(=O)C2CC2c2ccc(F)cc2)CC1. The summed E-state index contributed by atoms with van der Waals surface area (Å²) in [5, 5.41) is 0. The van der Waals surface area contributed by atoms with E-state index in [1.807, 2.05) is 35.2 Å². The Hall–Kier alpha value is -3.22. The minimum absolute atomic E-state index is 0.000472. The molecule has 1 aliphatic carbocycles. The van der Waals surface area contributed by atoms with Crippen LogP contribution in [0.3, 0.4) is 0 Å².